The minimum absolute atomic E-state index is 0.932. The summed E-state index contributed by atoms with van der Waals surface area (Å²) in [5, 5.41) is 0. The van der Waals surface area contributed by atoms with Gasteiger partial charge in [0.25, 0.3) is 0 Å². The van der Waals surface area contributed by atoms with E-state index in [1.54, 1.807) is 116 Å². The highest BCUT2D eigenvalue weighted by Crippen LogP contribution is 2.46. The first-order valence-electron chi connectivity index (χ1n) is 18.5. The van der Waals surface area contributed by atoms with Gasteiger partial charge < -0.3 is 0 Å². The molecule has 0 spiro atoms. The molecule has 6 rings (SSSR count). The molecule has 0 bridgehead atoms. The minimum Gasteiger partial charge on any atom is -0.294 e. The molecular weight excluding hydrogens is 458 g/mol. The summed E-state index contributed by atoms with van der Waals surface area (Å²) in [5.74, 6) is 7.52. The molecule has 218 valence electrons. The summed E-state index contributed by atoms with van der Waals surface area (Å²) in [6.45, 7) is 2.50. The van der Waals surface area contributed by atoms with Crippen LogP contribution in [0.4, 0.5) is 0 Å². The molecular formula is C37H65N. The van der Waals surface area contributed by atoms with Gasteiger partial charge in [-0.25, -0.2) is 0 Å². The van der Waals surface area contributed by atoms with E-state index in [2.05, 4.69) is 11.8 Å². The first-order chi connectivity index (χ1) is 18.7. The zero-order valence-electron chi connectivity index (χ0n) is 25.6. The van der Waals surface area contributed by atoms with E-state index in [0.717, 1.165) is 59.6 Å². The Morgan fingerprint density at radius 1 is 0.289 bits per heavy atom. The summed E-state index contributed by atoms with van der Waals surface area (Å²) < 4.78 is 0. The fraction of sp³-hybridized carbons (Fsp3) is 1.00. The zero-order chi connectivity index (χ0) is 25.7. The van der Waals surface area contributed by atoms with Crippen LogP contribution in [0, 0.1) is 41.4 Å². The van der Waals surface area contributed by atoms with Gasteiger partial charge in [-0.3, -0.25) is 4.90 Å². The largest absolute Gasteiger partial charge is 0.294 e. The summed E-state index contributed by atoms with van der Waals surface area (Å²) in [7, 11) is 0. The molecule has 6 aliphatic rings. The first-order valence-corrected chi connectivity index (χ1v) is 18.5. The van der Waals surface area contributed by atoms with Gasteiger partial charge in [-0.15, -0.1) is 0 Å². The van der Waals surface area contributed by atoms with Gasteiger partial charge in [0.2, 0.25) is 0 Å². The van der Waals surface area contributed by atoms with E-state index in [1.165, 1.54) is 51.4 Å². The third-order valence-electron chi connectivity index (χ3n) is 13.8. The molecule has 38 heavy (non-hydrogen) atoms. The van der Waals surface area contributed by atoms with Crippen molar-refractivity contribution in [1.82, 2.24) is 4.90 Å². The number of nitrogens with zero attached hydrogens (tertiary/aromatic N) is 1. The third-order valence-corrected chi connectivity index (χ3v) is 13.8. The molecule has 6 saturated carbocycles. The molecule has 6 aliphatic carbocycles. The Hall–Kier alpha value is -0.0400. The lowest BCUT2D eigenvalue weighted by molar-refractivity contribution is -0.0112. The lowest BCUT2D eigenvalue weighted by Crippen LogP contribution is -2.53. The van der Waals surface area contributed by atoms with Crippen LogP contribution < -0.4 is 0 Å². The van der Waals surface area contributed by atoms with Gasteiger partial charge in [0, 0.05) is 18.1 Å². The Morgan fingerprint density at radius 2 is 0.553 bits per heavy atom. The van der Waals surface area contributed by atoms with Crippen LogP contribution in [0.2, 0.25) is 0 Å². The minimum atomic E-state index is 0.932. The van der Waals surface area contributed by atoms with Crippen molar-refractivity contribution in [2.45, 2.75) is 192 Å². The Bertz CT molecular complexity index is 619. The zero-order valence-corrected chi connectivity index (χ0v) is 25.6. The quantitative estimate of drug-likeness (QED) is 0.334. The van der Waals surface area contributed by atoms with Crippen LogP contribution in [0.25, 0.3) is 0 Å². The van der Waals surface area contributed by atoms with Crippen LogP contribution in [-0.4, -0.2) is 23.0 Å². The number of hydrogen-bond donors (Lipinski definition) is 0. The van der Waals surface area contributed by atoms with Crippen molar-refractivity contribution < 1.29 is 0 Å². The standard InChI is InChI=1S/C37H65N/c1-28-12-14-31(15-13-28)34-20-26-37(27-21-34)38(35-22-16-32(17-23-35)29-8-4-2-5-9-29)36-24-18-33(19-25-36)30-10-6-3-7-11-30/h28-37H,2-27H2,1H3. The van der Waals surface area contributed by atoms with Crippen LogP contribution >= 0.6 is 0 Å². The average Bonchev–Trinajstić information content (AvgIpc) is 3.00. The maximum absolute atomic E-state index is 3.29. The highest BCUT2D eigenvalue weighted by Gasteiger charge is 2.41. The molecule has 0 N–H and O–H groups in total. The molecule has 0 aliphatic heterocycles. The van der Waals surface area contributed by atoms with E-state index in [-0.39, 0.29) is 0 Å². The Labute approximate surface area is 238 Å². The fourth-order valence-electron chi connectivity index (χ4n) is 11.5. The van der Waals surface area contributed by atoms with Crippen LogP contribution in [-0.2, 0) is 0 Å². The molecule has 6 fully saturated rings. The molecule has 0 radical (unpaired) electrons. The molecule has 0 aromatic heterocycles. The second-order valence-electron chi connectivity index (χ2n) is 16.0. The van der Waals surface area contributed by atoms with Gasteiger partial charge in [-0.2, -0.15) is 0 Å². The second kappa shape index (κ2) is 13.7. The molecule has 0 amide bonds. The predicted molar refractivity (Wildman–Crippen MR) is 163 cm³/mol. The smallest absolute Gasteiger partial charge is 0.0101 e. The van der Waals surface area contributed by atoms with Gasteiger partial charge in [-0.1, -0.05) is 84.0 Å². The molecule has 0 saturated heterocycles. The van der Waals surface area contributed by atoms with Crippen molar-refractivity contribution in [1.29, 1.82) is 0 Å². The van der Waals surface area contributed by atoms with Crippen LogP contribution in [0.5, 0.6) is 0 Å². The third kappa shape index (κ3) is 6.87. The van der Waals surface area contributed by atoms with Crippen molar-refractivity contribution in [2.75, 3.05) is 0 Å². The SMILES string of the molecule is CC1CCC(C2CCC(N(C3CCC(C4CCCCC4)CC3)C3CCC(C4CCCCC4)CC3)CC2)CC1. The normalized spacial score (nSPS) is 42.8. The highest BCUT2D eigenvalue weighted by molar-refractivity contribution is 4.95. The van der Waals surface area contributed by atoms with Crippen molar-refractivity contribution in [3.8, 4) is 0 Å². The topological polar surface area (TPSA) is 3.24 Å². The van der Waals surface area contributed by atoms with Gasteiger partial charge in [-0.05, 0) is 131 Å². The first kappa shape index (κ1) is 28.1. The maximum atomic E-state index is 3.29. The Balaban J connectivity index is 1.07. The highest BCUT2D eigenvalue weighted by atomic mass is 15.2. The molecule has 0 heterocycles. The Morgan fingerprint density at radius 3 is 0.868 bits per heavy atom. The molecule has 1 heteroatoms. The summed E-state index contributed by atoms with van der Waals surface area (Å²) in [6.07, 6.45) is 40.2. The molecule has 1 nitrogen and oxygen atoms in total. The van der Waals surface area contributed by atoms with Gasteiger partial charge in [0.05, 0.1) is 0 Å². The van der Waals surface area contributed by atoms with E-state index < -0.39 is 0 Å². The van der Waals surface area contributed by atoms with Crippen molar-refractivity contribution >= 4 is 0 Å². The summed E-state index contributed by atoms with van der Waals surface area (Å²) >= 11 is 0. The fourth-order valence-corrected chi connectivity index (χ4v) is 11.5. The molecule has 0 unspecified atom stereocenters. The summed E-state index contributed by atoms with van der Waals surface area (Å²) in [5.41, 5.74) is 0. The summed E-state index contributed by atoms with van der Waals surface area (Å²) in [4.78, 5) is 3.29. The van der Waals surface area contributed by atoms with E-state index in [0.29, 0.717) is 0 Å². The monoisotopic (exact) mass is 524 g/mol. The van der Waals surface area contributed by atoms with Crippen molar-refractivity contribution in [3.63, 3.8) is 0 Å². The lowest BCUT2D eigenvalue weighted by atomic mass is 9.68. The second-order valence-corrected chi connectivity index (χ2v) is 16.0. The van der Waals surface area contributed by atoms with Crippen molar-refractivity contribution in [2.24, 2.45) is 41.4 Å². The van der Waals surface area contributed by atoms with Crippen LogP contribution in [0.15, 0.2) is 0 Å². The average molecular weight is 524 g/mol. The summed E-state index contributed by atoms with van der Waals surface area (Å²) in [6, 6.07) is 2.80. The van der Waals surface area contributed by atoms with Gasteiger partial charge >= 0.3 is 0 Å². The van der Waals surface area contributed by atoms with Gasteiger partial charge in [0.1, 0.15) is 0 Å². The van der Waals surface area contributed by atoms with Gasteiger partial charge in [0.15, 0.2) is 0 Å². The molecule has 0 aromatic carbocycles. The Kier molecular flexibility index (Phi) is 10.2. The molecule has 0 atom stereocenters. The van der Waals surface area contributed by atoms with Crippen LogP contribution in [0.1, 0.15) is 174 Å². The molecule has 0 aromatic rings. The maximum Gasteiger partial charge on any atom is 0.0101 e. The van der Waals surface area contributed by atoms with E-state index in [1.807, 2.05) is 0 Å². The lowest BCUT2D eigenvalue weighted by Gasteiger charge is -2.51. The number of rotatable bonds is 6. The number of hydrogen-bond acceptors (Lipinski definition) is 1. The van der Waals surface area contributed by atoms with Crippen molar-refractivity contribution in [3.05, 3.63) is 0 Å². The van der Waals surface area contributed by atoms with E-state index >= 15 is 0 Å². The predicted octanol–water partition coefficient (Wildman–Crippen LogP) is 11.0. The van der Waals surface area contributed by atoms with Crippen LogP contribution in [0.3, 0.4) is 0 Å². The van der Waals surface area contributed by atoms with E-state index in [9.17, 15) is 0 Å². The van der Waals surface area contributed by atoms with E-state index in [4.69, 9.17) is 0 Å².